The minimum absolute atomic E-state index is 0.230. The highest BCUT2D eigenvalue weighted by Gasteiger charge is 2.22. The maximum Gasteiger partial charge on any atom is 0.251 e. The summed E-state index contributed by atoms with van der Waals surface area (Å²) in [6, 6.07) is 9.38. The van der Waals surface area contributed by atoms with Crippen molar-refractivity contribution in [1.29, 1.82) is 0 Å². The van der Waals surface area contributed by atoms with Crippen molar-refractivity contribution in [3.05, 3.63) is 52.5 Å². The summed E-state index contributed by atoms with van der Waals surface area (Å²) in [6.07, 6.45) is 0.740. The SMILES string of the molecule is CCN(CC)S(=O)(=O)c1ccc(C(C)NC(=O)c2cc(Cl)c3c(c2)OCCCO3)cc1. The first-order chi connectivity index (χ1) is 14.8. The van der Waals surface area contributed by atoms with Crippen LogP contribution in [0.5, 0.6) is 11.5 Å². The smallest absolute Gasteiger partial charge is 0.251 e. The molecule has 1 atom stereocenters. The number of nitrogens with one attached hydrogen (secondary N) is 1. The van der Waals surface area contributed by atoms with Crippen LogP contribution in [0.1, 0.15) is 49.2 Å². The van der Waals surface area contributed by atoms with Gasteiger partial charge in [-0.05, 0) is 36.8 Å². The maximum absolute atomic E-state index is 12.8. The predicted octanol–water partition coefficient (Wildman–Crippen LogP) is 4.02. The minimum atomic E-state index is -3.52. The van der Waals surface area contributed by atoms with Crippen LogP contribution in [0.25, 0.3) is 0 Å². The third kappa shape index (κ3) is 5.14. The number of sulfonamides is 1. The normalized spacial score (nSPS) is 14.7. The summed E-state index contributed by atoms with van der Waals surface area (Å²) in [4.78, 5) is 13.0. The van der Waals surface area contributed by atoms with Gasteiger partial charge in [0.15, 0.2) is 11.5 Å². The first-order valence-corrected chi connectivity index (χ1v) is 12.1. The largest absolute Gasteiger partial charge is 0.489 e. The Hall–Kier alpha value is -2.29. The van der Waals surface area contributed by atoms with Gasteiger partial charge in [0.1, 0.15) is 0 Å². The lowest BCUT2D eigenvalue weighted by atomic mass is 10.1. The summed E-state index contributed by atoms with van der Waals surface area (Å²) in [7, 11) is -3.52. The highest BCUT2D eigenvalue weighted by atomic mass is 35.5. The average molecular weight is 467 g/mol. The van der Waals surface area contributed by atoms with Crippen LogP contribution in [0.3, 0.4) is 0 Å². The summed E-state index contributed by atoms with van der Waals surface area (Å²) >= 11 is 6.28. The molecule has 7 nitrogen and oxygen atoms in total. The Morgan fingerprint density at radius 1 is 1.13 bits per heavy atom. The summed E-state index contributed by atoms with van der Waals surface area (Å²) in [6.45, 7) is 7.26. The molecule has 0 radical (unpaired) electrons. The van der Waals surface area contributed by atoms with Gasteiger partial charge in [-0.15, -0.1) is 0 Å². The van der Waals surface area contributed by atoms with E-state index >= 15 is 0 Å². The van der Waals surface area contributed by atoms with Crippen LogP contribution in [0.15, 0.2) is 41.3 Å². The number of ether oxygens (including phenoxy) is 2. The molecule has 168 valence electrons. The van der Waals surface area contributed by atoms with E-state index in [2.05, 4.69) is 5.32 Å². The number of rotatable bonds is 7. The number of amides is 1. The molecule has 1 heterocycles. The van der Waals surface area contributed by atoms with Crippen molar-refractivity contribution in [3.8, 4) is 11.5 Å². The Balaban J connectivity index is 1.74. The summed E-state index contributed by atoms with van der Waals surface area (Å²) in [5.74, 6) is 0.590. The van der Waals surface area contributed by atoms with Gasteiger partial charge in [0, 0.05) is 25.1 Å². The Labute approximate surface area is 188 Å². The minimum Gasteiger partial charge on any atom is -0.489 e. The number of carbonyl (C=O) groups is 1. The number of nitrogens with zero attached hydrogens (tertiary/aromatic N) is 1. The van der Waals surface area contributed by atoms with Crippen LogP contribution in [0.4, 0.5) is 0 Å². The Bertz CT molecular complexity index is 1040. The van der Waals surface area contributed by atoms with Crippen molar-refractivity contribution < 1.29 is 22.7 Å². The summed E-state index contributed by atoms with van der Waals surface area (Å²) < 4.78 is 37.9. The number of halogens is 1. The monoisotopic (exact) mass is 466 g/mol. The van der Waals surface area contributed by atoms with Gasteiger partial charge in [-0.3, -0.25) is 4.79 Å². The van der Waals surface area contributed by atoms with Crippen molar-refractivity contribution in [2.45, 2.75) is 38.1 Å². The number of hydrogen-bond donors (Lipinski definition) is 1. The van der Waals surface area contributed by atoms with Crippen molar-refractivity contribution >= 4 is 27.5 Å². The van der Waals surface area contributed by atoms with Crippen molar-refractivity contribution in [2.75, 3.05) is 26.3 Å². The van der Waals surface area contributed by atoms with E-state index in [4.69, 9.17) is 21.1 Å². The van der Waals surface area contributed by atoms with Gasteiger partial charge in [0.25, 0.3) is 5.91 Å². The molecule has 1 unspecified atom stereocenters. The van der Waals surface area contributed by atoms with Gasteiger partial charge in [-0.1, -0.05) is 37.6 Å². The molecule has 0 fully saturated rings. The molecule has 0 saturated heterocycles. The van der Waals surface area contributed by atoms with Crippen LogP contribution >= 0.6 is 11.6 Å². The molecule has 0 aromatic heterocycles. The van der Waals surface area contributed by atoms with E-state index in [1.54, 1.807) is 50.2 Å². The first kappa shape index (κ1) is 23.4. The van der Waals surface area contributed by atoms with E-state index in [9.17, 15) is 13.2 Å². The van der Waals surface area contributed by atoms with E-state index in [0.29, 0.717) is 48.4 Å². The lowest BCUT2D eigenvalue weighted by molar-refractivity contribution is 0.0939. The topological polar surface area (TPSA) is 84.9 Å². The van der Waals surface area contributed by atoms with E-state index < -0.39 is 10.0 Å². The molecule has 2 aromatic carbocycles. The molecule has 31 heavy (non-hydrogen) atoms. The number of fused-ring (bicyclic) bond motifs is 1. The Morgan fingerprint density at radius 3 is 2.42 bits per heavy atom. The third-order valence-corrected chi connectivity index (χ3v) is 7.48. The molecule has 1 N–H and O–H groups in total. The summed E-state index contributed by atoms with van der Waals surface area (Å²) in [5.41, 5.74) is 1.15. The lowest BCUT2D eigenvalue weighted by Gasteiger charge is -2.19. The fourth-order valence-corrected chi connectivity index (χ4v) is 5.09. The second-order valence-electron chi connectivity index (χ2n) is 7.19. The number of benzene rings is 2. The van der Waals surface area contributed by atoms with Gasteiger partial charge >= 0.3 is 0 Å². The van der Waals surface area contributed by atoms with Crippen LogP contribution < -0.4 is 14.8 Å². The second-order valence-corrected chi connectivity index (χ2v) is 9.53. The number of carbonyl (C=O) groups excluding carboxylic acids is 1. The first-order valence-electron chi connectivity index (χ1n) is 10.3. The predicted molar refractivity (Wildman–Crippen MR) is 119 cm³/mol. The molecule has 1 aliphatic heterocycles. The standard InChI is InChI=1S/C22H27ClN2O5S/c1-4-25(5-2)31(27,28)18-9-7-16(8-10-18)15(3)24-22(26)17-13-19(23)21-20(14-17)29-11-6-12-30-21/h7-10,13-15H,4-6,11-12H2,1-3H3,(H,24,26). The fourth-order valence-electron chi connectivity index (χ4n) is 3.37. The zero-order valence-corrected chi connectivity index (χ0v) is 19.4. The molecule has 1 aliphatic rings. The molecule has 9 heteroatoms. The zero-order valence-electron chi connectivity index (χ0n) is 17.9. The van der Waals surface area contributed by atoms with Crippen molar-refractivity contribution in [1.82, 2.24) is 9.62 Å². The van der Waals surface area contributed by atoms with Gasteiger partial charge in [-0.25, -0.2) is 8.42 Å². The van der Waals surface area contributed by atoms with E-state index in [0.717, 1.165) is 12.0 Å². The van der Waals surface area contributed by atoms with Crippen LogP contribution in [-0.2, 0) is 10.0 Å². The Kier molecular flexibility index (Phi) is 7.46. The highest BCUT2D eigenvalue weighted by molar-refractivity contribution is 7.89. The van der Waals surface area contributed by atoms with Gasteiger partial charge in [0.05, 0.1) is 29.2 Å². The van der Waals surface area contributed by atoms with Gasteiger partial charge in [0.2, 0.25) is 10.0 Å². The van der Waals surface area contributed by atoms with E-state index in [1.165, 1.54) is 4.31 Å². The molecule has 0 bridgehead atoms. The van der Waals surface area contributed by atoms with Gasteiger partial charge in [-0.2, -0.15) is 4.31 Å². The van der Waals surface area contributed by atoms with Crippen molar-refractivity contribution in [2.24, 2.45) is 0 Å². The number of hydrogen-bond acceptors (Lipinski definition) is 5. The van der Waals surface area contributed by atoms with Crippen LogP contribution in [0, 0.1) is 0 Å². The fraction of sp³-hybridized carbons (Fsp3) is 0.409. The zero-order chi connectivity index (χ0) is 22.6. The molecule has 0 spiro atoms. The average Bonchev–Trinajstić information content (AvgIpc) is 3.00. The maximum atomic E-state index is 12.8. The quantitative estimate of drug-likeness (QED) is 0.666. The highest BCUT2D eigenvalue weighted by Crippen LogP contribution is 2.38. The molecular weight excluding hydrogens is 440 g/mol. The second kappa shape index (κ2) is 9.89. The lowest BCUT2D eigenvalue weighted by Crippen LogP contribution is -2.30. The molecule has 3 rings (SSSR count). The van der Waals surface area contributed by atoms with Crippen LogP contribution in [0.2, 0.25) is 5.02 Å². The molecular formula is C22H27ClN2O5S. The van der Waals surface area contributed by atoms with E-state index in [-0.39, 0.29) is 16.8 Å². The third-order valence-electron chi connectivity index (χ3n) is 5.14. The molecule has 1 amide bonds. The molecule has 0 aliphatic carbocycles. The van der Waals surface area contributed by atoms with Crippen LogP contribution in [-0.4, -0.2) is 44.9 Å². The van der Waals surface area contributed by atoms with Gasteiger partial charge < -0.3 is 14.8 Å². The van der Waals surface area contributed by atoms with Crippen molar-refractivity contribution in [3.63, 3.8) is 0 Å². The summed E-state index contributed by atoms with van der Waals surface area (Å²) in [5, 5.41) is 3.23. The molecule has 2 aromatic rings. The van der Waals surface area contributed by atoms with E-state index in [1.807, 2.05) is 6.92 Å². The molecule has 0 saturated carbocycles. The Morgan fingerprint density at radius 2 is 1.77 bits per heavy atom.